The molecule has 74 valence electrons. The normalized spacial score (nSPS) is 24.2. The Morgan fingerprint density at radius 3 is 1.42 bits per heavy atom. The predicted molar refractivity (Wildman–Crippen MR) is 44.6 cm³/mol. The molecular weight excluding hydrogens is 160 g/mol. The molecule has 0 amide bonds. The molecule has 0 aliphatic heterocycles. The van der Waals surface area contributed by atoms with Gasteiger partial charge in [0.2, 0.25) is 0 Å². The lowest BCUT2D eigenvalue weighted by molar-refractivity contribution is -0.150. The van der Waals surface area contributed by atoms with E-state index in [0.717, 1.165) is 0 Å². The average Bonchev–Trinajstić information content (AvgIpc) is 1.84. The lowest BCUT2D eigenvalue weighted by Gasteiger charge is -2.34. The molecule has 0 spiro atoms. The topological polar surface area (TPSA) is 80.9 Å². The molecule has 3 atom stereocenters. The zero-order valence-electron chi connectivity index (χ0n) is 7.73. The molecule has 0 aliphatic rings. The van der Waals surface area contributed by atoms with E-state index in [1.54, 1.807) is 0 Å². The molecule has 0 bridgehead atoms. The molecule has 4 heteroatoms. The minimum Gasteiger partial charge on any atom is -0.393 e. The summed E-state index contributed by atoms with van der Waals surface area (Å²) in [5.74, 6) is 0. The standard InChI is InChI=1S/C8H18O4/c1-5(9)4-8(12,6(2)10)7(3)11/h5-7,9-12H,4H2,1-3H3. The summed E-state index contributed by atoms with van der Waals surface area (Å²) in [5, 5.41) is 37.0. The van der Waals surface area contributed by atoms with Crippen LogP contribution in [0, 0.1) is 0 Å². The van der Waals surface area contributed by atoms with Crippen molar-refractivity contribution in [2.24, 2.45) is 0 Å². The van der Waals surface area contributed by atoms with Crippen LogP contribution in [0.2, 0.25) is 0 Å². The zero-order chi connectivity index (χ0) is 9.94. The highest BCUT2D eigenvalue weighted by Gasteiger charge is 2.38. The van der Waals surface area contributed by atoms with Gasteiger partial charge in [-0.3, -0.25) is 0 Å². The molecule has 4 N–H and O–H groups in total. The SMILES string of the molecule is CC(O)CC(O)(C(C)O)C(C)O. The molecule has 0 saturated carbocycles. The molecule has 0 aromatic rings. The van der Waals surface area contributed by atoms with E-state index >= 15 is 0 Å². The van der Waals surface area contributed by atoms with Crippen molar-refractivity contribution in [2.75, 3.05) is 0 Å². The second-order valence-electron chi connectivity index (χ2n) is 3.40. The third kappa shape index (κ3) is 2.71. The molecule has 0 radical (unpaired) electrons. The van der Waals surface area contributed by atoms with Crippen LogP contribution in [0.1, 0.15) is 27.2 Å². The summed E-state index contributed by atoms with van der Waals surface area (Å²) in [6.45, 7) is 4.26. The van der Waals surface area contributed by atoms with Gasteiger partial charge in [0.1, 0.15) is 5.60 Å². The summed E-state index contributed by atoms with van der Waals surface area (Å²) in [4.78, 5) is 0. The first-order valence-electron chi connectivity index (χ1n) is 4.07. The first kappa shape index (κ1) is 11.8. The quantitative estimate of drug-likeness (QED) is 0.456. The van der Waals surface area contributed by atoms with Gasteiger partial charge in [-0.05, 0) is 20.8 Å². The monoisotopic (exact) mass is 178 g/mol. The van der Waals surface area contributed by atoms with Gasteiger partial charge >= 0.3 is 0 Å². The Morgan fingerprint density at radius 2 is 1.33 bits per heavy atom. The molecule has 0 aromatic heterocycles. The first-order chi connectivity index (χ1) is 5.30. The summed E-state index contributed by atoms with van der Waals surface area (Å²) < 4.78 is 0. The molecule has 3 unspecified atom stereocenters. The fraction of sp³-hybridized carbons (Fsp3) is 1.00. The van der Waals surface area contributed by atoms with Crippen molar-refractivity contribution >= 4 is 0 Å². The molecule has 4 nitrogen and oxygen atoms in total. The molecule has 0 aromatic carbocycles. The summed E-state index contributed by atoms with van der Waals surface area (Å²) >= 11 is 0. The van der Waals surface area contributed by atoms with Gasteiger partial charge in [0.15, 0.2) is 0 Å². The van der Waals surface area contributed by atoms with E-state index < -0.39 is 23.9 Å². The zero-order valence-corrected chi connectivity index (χ0v) is 7.73. The van der Waals surface area contributed by atoms with E-state index in [0.29, 0.717) is 0 Å². The fourth-order valence-electron chi connectivity index (χ4n) is 1.16. The van der Waals surface area contributed by atoms with Crippen LogP contribution in [0.5, 0.6) is 0 Å². The molecule has 0 rings (SSSR count). The van der Waals surface area contributed by atoms with Crippen LogP contribution in [0.4, 0.5) is 0 Å². The Morgan fingerprint density at radius 1 is 1.00 bits per heavy atom. The second kappa shape index (κ2) is 4.18. The van der Waals surface area contributed by atoms with E-state index in [1.165, 1.54) is 20.8 Å². The first-order valence-corrected chi connectivity index (χ1v) is 4.07. The van der Waals surface area contributed by atoms with Gasteiger partial charge in [-0.2, -0.15) is 0 Å². The fourth-order valence-corrected chi connectivity index (χ4v) is 1.16. The molecular formula is C8H18O4. The lowest BCUT2D eigenvalue weighted by Crippen LogP contribution is -2.51. The van der Waals surface area contributed by atoms with Crippen molar-refractivity contribution in [3.05, 3.63) is 0 Å². The largest absolute Gasteiger partial charge is 0.393 e. The highest BCUT2D eigenvalue weighted by Crippen LogP contribution is 2.22. The number of hydrogen-bond acceptors (Lipinski definition) is 4. The minimum absolute atomic E-state index is 0.0394. The Hall–Kier alpha value is -0.160. The smallest absolute Gasteiger partial charge is 0.118 e. The van der Waals surface area contributed by atoms with Crippen molar-refractivity contribution in [3.63, 3.8) is 0 Å². The van der Waals surface area contributed by atoms with Crippen molar-refractivity contribution in [1.82, 2.24) is 0 Å². The minimum atomic E-state index is -1.62. The van der Waals surface area contributed by atoms with Crippen molar-refractivity contribution in [2.45, 2.75) is 51.1 Å². The van der Waals surface area contributed by atoms with Crippen LogP contribution in [0.25, 0.3) is 0 Å². The van der Waals surface area contributed by atoms with Gasteiger partial charge in [0.25, 0.3) is 0 Å². The van der Waals surface area contributed by atoms with Crippen LogP contribution in [0.15, 0.2) is 0 Å². The Labute approximate surface area is 72.5 Å². The van der Waals surface area contributed by atoms with Crippen molar-refractivity contribution in [1.29, 1.82) is 0 Å². The van der Waals surface area contributed by atoms with E-state index in [9.17, 15) is 5.11 Å². The Bertz CT molecular complexity index is 123. The summed E-state index contributed by atoms with van der Waals surface area (Å²) in [7, 11) is 0. The van der Waals surface area contributed by atoms with Crippen molar-refractivity contribution in [3.8, 4) is 0 Å². The van der Waals surface area contributed by atoms with Crippen LogP contribution in [-0.2, 0) is 0 Å². The van der Waals surface area contributed by atoms with Gasteiger partial charge in [-0.1, -0.05) is 0 Å². The molecule has 12 heavy (non-hydrogen) atoms. The van der Waals surface area contributed by atoms with Gasteiger partial charge in [-0.15, -0.1) is 0 Å². The number of aliphatic hydroxyl groups excluding tert-OH is 3. The highest BCUT2D eigenvalue weighted by atomic mass is 16.4. The van der Waals surface area contributed by atoms with Crippen LogP contribution < -0.4 is 0 Å². The third-order valence-corrected chi connectivity index (χ3v) is 2.07. The van der Waals surface area contributed by atoms with Crippen LogP contribution >= 0.6 is 0 Å². The molecule has 0 heterocycles. The summed E-state index contributed by atoms with van der Waals surface area (Å²) in [6, 6.07) is 0. The molecule has 0 aliphatic carbocycles. The highest BCUT2D eigenvalue weighted by molar-refractivity contribution is 4.90. The van der Waals surface area contributed by atoms with Crippen LogP contribution in [-0.4, -0.2) is 44.3 Å². The van der Waals surface area contributed by atoms with Gasteiger partial charge < -0.3 is 20.4 Å². The van der Waals surface area contributed by atoms with E-state index in [1.807, 2.05) is 0 Å². The van der Waals surface area contributed by atoms with Gasteiger partial charge in [-0.25, -0.2) is 0 Å². The number of aliphatic hydroxyl groups is 4. The lowest BCUT2D eigenvalue weighted by atomic mass is 9.86. The van der Waals surface area contributed by atoms with Crippen molar-refractivity contribution < 1.29 is 20.4 Å². The van der Waals surface area contributed by atoms with Gasteiger partial charge in [0, 0.05) is 6.42 Å². The molecule has 0 saturated heterocycles. The van der Waals surface area contributed by atoms with E-state index in [4.69, 9.17) is 15.3 Å². The van der Waals surface area contributed by atoms with E-state index in [-0.39, 0.29) is 6.42 Å². The number of rotatable bonds is 4. The molecule has 0 fully saturated rings. The summed E-state index contributed by atoms with van der Waals surface area (Å²) in [6.07, 6.45) is -2.92. The Kier molecular flexibility index (Phi) is 4.13. The second-order valence-corrected chi connectivity index (χ2v) is 3.40. The number of hydrogen-bond donors (Lipinski definition) is 4. The summed E-state index contributed by atoms with van der Waals surface area (Å²) in [5.41, 5.74) is -1.62. The van der Waals surface area contributed by atoms with E-state index in [2.05, 4.69) is 0 Å². The van der Waals surface area contributed by atoms with Gasteiger partial charge in [0.05, 0.1) is 18.3 Å². The maximum Gasteiger partial charge on any atom is 0.118 e. The predicted octanol–water partition coefficient (Wildman–Crippen LogP) is -0.750. The average molecular weight is 178 g/mol. The maximum absolute atomic E-state index is 9.68. The third-order valence-electron chi connectivity index (χ3n) is 2.07. The Balaban J connectivity index is 4.40. The van der Waals surface area contributed by atoms with Crippen LogP contribution in [0.3, 0.4) is 0 Å². The maximum atomic E-state index is 9.68.